The van der Waals surface area contributed by atoms with Crippen LogP contribution in [-0.4, -0.2) is 70.5 Å². The molecule has 0 aromatic carbocycles. The van der Waals surface area contributed by atoms with Crippen LogP contribution in [0.1, 0.15) is 0 Å². The molecule has 0 bridgehead atoms. The molecule has 0 saturated carbocycles. The van der Waals surface area contributed by atoms with Gasteiger partial charge in [-0.2, -0.15) is 0 Å². The summed E-state index contributed by atoms with van der Waals surface area (Å²) >= 11 is 3.55. The van der Waals surface area contributed by atoms with Crippen molar-refractivity contribution in [3.8, 4) is 0 Å². The van der Waals surface area contributed by atoms with Crippen LogP contribution in [0.4, 0.5) is 0 Å². The predicted molar refractivity (Wildman–Crippen MR) is 64.8 cm³/mol. The quantitative estimate of drug-likeness (QED) is 0.442. The van der Waals surface area contributed by atoms with Crippen LogP contribution in [0.15, 0.2) is 0 Å². The molecule has 92 valence electrons. The van der Waals surface area contributed by atoms with Crippen molar-refractivity contribution in [3.63, 3.8) is 0 Å². The van der Waals surface area contributed by atoms with Crippen molar-refractivity contribution in [1.82, 2.24) is 4.90 Å². The molecule has 0 fully saturated rings. The number of ether oxygens (including phenoxy) is 3. The summed E-state index contributed by atoms with van der Waals surface area (Å²) in [6.07, 6.45) is 0. The lowest BCUT2D eigenvalue weighted by Crippen LogP contribution is -2.31. The average Bonchev–Trinajstić information content (AvgIpc) is 2.17. The van der Waals surface area contributed by atoms with E-state index in [4.69, 9.17) is 14.2 Å². The smallest absolute Gasteiger partial charge is 0.0700 e. The molecule has 0 amide bonds. The van der Waals surface area contributed by atoms with Gasteiger partial charge < -0.3 is 19.1 Å². The highest BCUT2D eigenvalue weighted by molar-refractivity contribution is 9.09. The second-order valence-corrected chi connectivity index (χ2v) is 4.71. The molecule has 0 aromatic rings. The summed E-state index contributed by atoms with van der Waals surface area (Å²) in [6, 6.07) is 0. The van der Waals surface area contributed by atoms with Crippen molar-refractivity contribution >= 4 is 15.9 Å². The average molecular weight is 284 g/mol. The van der Waals surface area contributed by atoms with Crippen LogP contribution in [-0.2, 0) is 14.2 Å². The van der Waals surface area contributed by atoms with Crippen LogP contribution >= 0.6 is 15.9 Å². The molecule has 0 radical (unpaired) electrons. The zero-order valence-electron chi connectivity index (χ0n) is 9.87. The van der Waals surface area contributed by atoms with Gasteiger partial charge in [-0.05, 0) is 7.05 Å². The normalized spacial score (nSPS) is 13.4. The largest absolute Gasteiger partial charge is 0.383 e. The van der Waals surface area contributed by atoms with Crippen LogP contribution in [0.2, 0.25) is 0 Å². The Balaban J connectivity index is 3.28. The molecule has 1 atom stereocenters. The Morgan fingerprint density at radius 2 is 1.87 bits per heavy atom. The molecule has 0 aliphatic rings. The number of hydrogen-bond donors (Lipinski definition) is 0. The number of methoxy groups -OCH3 is 2. The summed E-state index contributed by atoms with van der Waals surface area (Å²) < 4.78 is 15.3. The lowest BCUT2D eigenvalue weighted by atomic mass is 10.4. The zero-order valence-corrected chi connectivity index (χ0v) is 11.5. The Morgan fingerprint density at radius 3 is 2.47 bits per heavy atom. The number of rotatable bonds is 10. The van der Waals surface area contributed by atoms with Gasteiger partial charge in [-0.3, -0.25) is 0 Å². The first kappa shape index (κ1) is 15.3. The van der Waals surface area contributed by atoms with Crippen molar-refractivity contribution in [2.45, 2.75) is 4.83 Å². The van der Waals surface area contributed by atoms with Gasteiger partial charge in [0, 0.05) is 27.3 Å². The molecular weight excluding hydrogens is 262 g/mol. The summed E-state index contributed by atoms with van der Waals surface area (Å²) in [4.78, 5) is 2.59. The standard InChI is InChI=1S/C10H22BrNO3/c1-12(8-10(11)9-14-3)4-5-15-7-6-13-2/h10H,4-9H2,1-3H3. The minimum Gasteiger partial charge on any atom is -0.383 e. The third-order valence-corrected chi connectivity index (χ3v) is 2.46. The van der Waals surface area contributed by atoms with Crippen molar-refractivity contribution < 1.29 is 14.2 Å². The Hall–Kier alpha value is 0.320. The van der Waals surface area contributed by atoms with Crippen LogP contribution in [0.3, 0.4) is 0 Å². The molecule has 0 N–H and O–H groups in total. The number of nitrogens with zero attached hydrogens (tertiary/aromatic N) is 1. The number of hydrogen-bond acceptors (Lipinski definition) is 4. The van der Waals surface area contributed by atoms with Gasteiger partial charge in [0.15, 0.2) is 0 Å². The third kappa shape index (κ3) is 10.6. The fraction of sp³-hybridized carbons (Fsp3) is 1.00. The maximum atomic E-state index is 5.37. The van der Waals surface area contributed by atoms with E-state index in [0.29, 0.717) is 18.0 Å². The molecule has 15 heavy (non-hydrogen) atoms. The monoisotopic (exact) mass is 283 g/mol. The fourth-order valence-electron chi connectivity index (χ4n) is 1.13. The maximum absolute atomic E-state index is 5.37. The molecule has 0 aliphatic heterocycles. The topological polar surface area (TPSA) is 30.9 Å². The van der Waals surface area contributed by atoms with Crippen molar-refractivity contribution in [3.05, 3.63) is 0 Å². The van der Waals surface area contributed by atoms with E-state index in [-0.39, 0.29) is 0 Å². The number of likely N-dealkylation sites (N-methyl/N-ethyl adjacent to an activating group) is 1. The molecule has 0 saturated heterocycles. The third-order valence-electron chi connectivity index (χ3n) is 1.91. The Bertz CT molecular complexity index is 138. The van der Waals surface area contributed by atoms with Crippen LogP contribution in [0.5, 0.6) is 0 Å². The van der Waals surface area contributed by atoms with Crippen molar-refractivity contribution in [1.29, 1.82) is 0 Å². The summed E-state index contributed by atoms with van der Waals surface area (Å²) in [5, 5.41) is 0. The number of halogens is 1. The van der Waals surface area contributed by atoms with Gasteiger partial charge in [-0.25, -0.2) is 0 Å². The molecule has 0 rings (SSSR count). The van der Waals surface area contributed by atoms with Gasteiger partial charge in [0.05, 0.1) is 31.3 Å². The lowest BCUT2D eigenvalue weighted by Gasteiger charge is -2.19. The van der Waals surface area contributed by atoms with Gasteiger partial charge in [-0.1, -0.05) is 15.9 Å². The van der Waals surface area contributed by atoms with Gasteiger partial charge in [-0.15, -0.1) is 0 Å². The van der Waals surface area contributed by atoms with E-state index in [0.717, 1.165) is 26.3 Å². The van der Waals surface area contributed by atoms with E-state index >= 15 is 0 Å². The molecule has 0 heterocycles. The van der Waals surface area contributed by atoms with E-state index in [1.807, 2.05) is 0 Å². The van der Waals surface area contributed by atoms with Crippen molar-refractivity contribution in [2.75, 3.05) is 60.8 Å². The number of alkyl halides is 1. The molecule has 1 unspecified atom stereocenters. The van der Waals surface area contributed by atoms with Crippen molar-refractivity contribution in [2.24, 2.45) is 0 Å². The summed E-state index contributed by atoms with van der Waals surface area (Å²) in [5.41, 5.74) is 0. The summed E-state index contributed by atoms with van der Waals surface area (Å²) in [5.74, 6) is 0. The van der Waals surface area contributed by atoms with Gasteiger partial charge in [0.1, 0.15) is 0 Å². The van der Waals surface area contributed by atoms with Gasteiger partial charge in [0.25, 0.3) is 0 Å². The van der Waals surface area contributed by atoms with Crippen LogP contribution in [0, 0.1) is 0 Å². The Morgan fingerprint density at radius 1 is 1.13 bits per heavy atom. The van der Waals surface area contributed by atoms with Gasteiger partial charge >= 0.3 is 0 Å². The molecule has 0 spiro atoms. The second kappa shape index (κ2) is 10.8. The first-order valence-electron chi connectivity index (χ1n) is 5.09. The SMILES string of the molecule is COCCOCCN(C)CC(Br)COC. The minimum absolute atomic E-state index is 0.381. The predicted octanol–water partition coefficient (Wildman–Crippen LogP) is 0.991. The van der Waals surface area contributed by atoms with E-state index < -0.39 is 0 Å². The van der Waals surface area contributed by atoms with E-state index in [1.54, 1.807) is 14.2 Å². The zero-order chi connectivity index (χ0) is 11.5. The van der Waals surface area contributed by atoms with Crippen LogP contribution < -0.4 is 0 Å². The molecular formula is C10H22BrNO3. The Labute approximate surface area is 101 Å². The summed E-state index contributed by atoms with van der Waals surface area (Å²) in [6.45, 7) is 4.69. The highest BCUT2D eigenvalue weighted by atomic mass is 79.9. The van der Waals surface area contributed by atoms with Crippen LogP contribution in [0.25, 0.3) is 0 Å². The highest BCUT2D eigenvalue weighted by Gasteiger charge is 2.07. The molecule has 4 nitrogen and oxygen atoms in total. The summed E-state index contributed by atoms with van der Waals surface area (Å²) in [7, 11) is 5.46. The minimum atomic E-state index is 0.381. The second-order valence-electron chi connectivity index (χ2n) is 3.42. The lowest BCUT2D eigenvalue weighted by molar-refractivity contribution is 0.0598. The first-order valence-corrected chi connectivity index (χ1v) is 6.00. The Kier molecular flexibility index (Phi) is 11.1. The molecule has 5 heteroatoms. The first-order chi connectivity index (χ1) is 7.20. The maximum Gasteiger partial charge on any atom is 0.0700 e. The highest BCUT2D eigenvalue weighted by Crippen LogP contribution is 2.01. The molecule has 0 aromatic heterocycles. The van der Waals surface area contributed by atoms with E-state index in [9.17, 15) is 0 Å². The molecule has 0 aliphatic carbocycles. The van der Waals surface area contributed by atoms with E-state index in [1.165, 1.54) is 0 Å². The fourth-order valence-corrected chi connectivity index (χ4v) is 1.89. The van der Waals surface area contributed by atoms with Gasteiger partial charge in [0.2, 0.25) is 0 Å². The van der Waals surface area contributed by atoms with E-state index in [2.05, 4.69) is 27.9 Å².